The van der Waals surface area contributed by atoms with Gasteiger partial charge in [-0.1, -0.05) is 107 Å². The van der Waals surface area contributed by atoms with Crippen molar-refractivity contribution >= 4 is 34.6 Å². The SMILES string of the molecule is CCC(C)[C@@H](CO)NC(=O)CC(O)C(CC(C)C)NC(=O)[C@H](Cc1c[nH]cn1)NC(=O)[C@H](Cc1ccc2ccccc2c1)NC(=O)OCc1ccccc1. The summed E-state index contributed by atoms with van der Waals surface area (Å²) >= 11 is 0. The minimum atomic E-state index is -1.25. The highest BCUT2D eigenvalue weighted by Gasteiger charge is 2.32. The van der Waals surface area contributed by atoms with E-state index in [1.54, 1.807) is 6.20 Å². The molecule has 0 saturated carbocycles. The lowest BCUT2D eigenvalue weighted by Gasteiger charge is -2.29. The molecule has 4 aromatic rings. The summed E-state index contributed by atoms with van der Waals surface area (Å²) in [5, 5.41) is 34.2. The van der Waals surface area contributed by atoms with Gasteiger partial charge in [-0.15, -0.1) is 0 Å². The molecule has 1 heterocycles. The van der Waals surface area contributed by atoms with E-state index in [-0.39, 0.29) is 44.3 Å². The molecule has 6 atom stereocenters. The summed E-state index contributed by atoms with van der Waals surface area (Å²) in [4.78, 5) is 61.2. The monoisotopic (exact) mass is 742 g/mol. The largest absolute Gasteiger partial charge is 0.445 e. The Bertz CT molecular complexity index is 1790. The van der Waals surface area contributed by atoms with Crippen LogP contribution in [0.15, 0.2) is 85.3 Å². The van der Waals surface area contributed by atoms with Crippen LogP contribution in [-0.2, 0) is 38.6 Å². The molecule has 7 N–H and O–H groups in total. The smallest absolute Gasteiger partial charge is 0.408 e. The molecule has 0 bridgehead atoms. The molecule has 13 heteroatoms. The maximum Gasteiger partial charge on any atom is 0.408 e. The number of aromatic nitrogens is 2. The van der Waals surface area contributed by atoms with E-state index in [2.05, 4.69) is 31.2 Å². The number of benzene rings is 3. The fourth-order valence-corrected chi connectivity index (χ4v) is 6.16. The highest BCUT2D eigenvalue weighted by molar-refractivity contribution is 5.92. The third kappa shape index (κ3) is 13.0. The highest BCUT2D eigenvalue weighted by Crippen LogP contribution is 2.18. The Kier molecular flexibility index (Phi) is 16.0. The molecule has 3 aromatic carbocycles. The molecule has 13 nitrogen and oxygen atoms in total. The van der Waals surface area contributed by atoms with Gasteiger partial charge in [-0.2, -0.15) is 0 Å². The van der Waals surface area contributed by atoms with Crippen LogP contribution in [0, 0.1) is 11.8 Å². The summed E-state index contributed by atoms with van der Waals surface area (Å²) < 4.78 is 5.45. The minimum absolute atomic E-state index is 0.000285. The normalized spacial score (nSPS) is 14.6. The standard InChI is InChI=1S/C41H54N6O7/c1-5-27(4)36(23-48)44-38(50)21-37(49)33(17-26(2)3)45-40(52)35(20-32-22-42-25-43-32)46-39(51)34(47-41(53)54-24-28-11-7-6-8-12-28)19-29-15-16-30-13-9-10-14-31(30)18-29/h6-16,18,22,25-27,33-37,48-49H,5,17,19-21,23-24H2,1-4H3,(H,42,43)(H,44,50)(H,45,52)(H,46,51)(H,47,53)/t27?,33?,34-,35-,36+,37?/m0/s1. The summed E-state index contributed by atoms with van der Waals surface area (Å²) in [5.74, 6) is -1.61. The summed E-state index contributed by atoms with van der Waals surface area (Å²) in [6.45, 7) is 7.50. The molecule has 0 aliphatic carbocycles. The predicted octanol–water partition coefficient (Wildman–Crippen LogP) is 3.93. The van der Waals surface area contributed by atoms with Crippen molar-refractivity contribution in [3.8, 4) is 0 Å². The minimum Gasteiger partial charge on any atom is -0.445 e. The Morgan fingerprint density at radius 1 is 0.796 bits per heavy atom. The van der Waals surface area contributed by atoms with Crippen molar-refractivity contribution in [3.63, 3.8) is 0 Å². The van der Waals surface area contributed by atoms with Crippen LogP contribution in [0.3, 0.4) is 0 Å². The molecule has 290 valence electrons. The number of aromatic amines is 1. The van der Waals surface area contributed by atoms with Gasteiger partial charge in [0, 0.05) is 19.0 Å². The first kappa shape index (κ1) is 41.5. The number of rotatable bonds is 20. The summed E-state index contributed by atoms with van der Waals surface area (Å²) in [6.07, 6.45) is 1.90. The number of aliphatic hydroxyl groups is 2. The van der Waals surface area contributed by atoms with Crippen molar-refractivity contribution in [2.45, 2.75) is 96.7 Å². The van der Waals surface area contributed by atoms with E-state index in [1.165, 1.54) is 6.33 Å². The zero-order valence-electron chi connectivity index (χ0n) is 31.5. The molecule has 0 aliphatic rings. The third-order valence-electron chi connectivity index (χ3n) is 9.46. The number of fused-ring (bicyclic) bond motifs is 1. The van der Waals surface area contributed by atoms with Crippen molar-refractivity contribution in [1.29, 1.82) is 0 Å². The van der Waals surface area contributed by atoms with Gasteiger partial charge in [0.05, 0.1) is 43.2 Å². The van der Waals surface area contributed by atoms with E-state index in [0.717, 1.165) is 28.3 Å². The van der Waals surface area contributed by atoms with E-state index in [0.29, 0.717) is 12.1 Å². The number of hydrogen-bond acceptors (Lipinski definition) is 8. The molecule has 0 spiro atoms. The molecule has 0 radical (unpaired) electrons. The molecular weight excluding hydrogens is 688 g/mol. The van der Waals surface area contributed by atoms with E-state index in [4.69, 9.17) is 4.74 Å². The first-order chi connectivity index (χ1) is 25.9. The van der Waals surface area contributed by atoms with Gasteiger partial charge in [-0.25, -0.2) is 9.78 Å². The fourth-order valence-electron chi connectivity index (χ4n) is 6.16. The van der Waals surface area contributed by atoms with E-state index in [1.807, 2.05) is 100 Å². The Morgan fingerprint density at radius 2 is 1.48 bits per heavy atom. The van der Waals surface area contributed by atoms with Gasteiger partial charge in [0.2, 0.25) is 17.7 Å². The summed E-state index contributed by atoms with van der Waals surface area (Å²) in [5.41, 5.74) is 2.05. The van der Waals surface area contributed by atoms with Crippen LogP contribution in [0.2, 0.25) is 0 Å². The fraction of sp³-hybridized carbons (Fsp3) is 0.439. The Balaban J connectivity index is 1.53. The number of H-pyrrole nitrogens is 1. The van der Waals surface area contributed by atoms with Crippen LogP contribution >= 0.6 is 0 Å². The van der Waals surface area contributed by atoms with Gasteiger partial charge in [-0.3, -0.25) is 14.4 Å². The second-order valence-corrected chi connectivity index (χ2v) is 14.2. The lowest BCUT2D eigenvalue weighted by Crippen LogP contribution is -2.57. The Morgan fingerprint density at radius 3 is 2.15 bits per heavy atom. The van der Waals surface area contributed by atoms with Gasteiger partial charge < -0.3 is 41.2 Å². The van der Waals surface area contributed by atoms with Crippen molar-refractivity contribution in [2.24, 2.45) is 11.8 Å². The first-order valence-electron chi connectivity index (χ1n) is 18.6. The number of carbonyl (C=O) groups is 4. The zero-order chi connectivity index (χ0) is 39.0. The van der Waals surface area contributed by atoms with Crippen LogP contribution in [0.5, 0.6) is 0 Å². The van der Waals surface area contributed by atoms with Crippen molar-refractivity contribution in [3.05, 3.63) is 102 Å². The predicted molar refractivity (Wildman–Crippen MR) is 206 cm³/mol. The maximum absolute atomic E-state index is 14.1. The number of amides is 4. The lowest BCUT2D eigenvalue weighted by molar-refractivity contribution is -0.131. The van der Waals surface area contributed by atoms with Crippen molar-refractivity contribution in [1.82, 2.24) is 31.2 Å². The molecule has 4 rings (SSSR count). The van der Waals surface area contributed by atoms with Gasteiger partial charge in [0.1, 0.15) is 18.7 Å². The van der Waals surface area contributed by atoms with Crippen molar-refractivity contribution in [2.75, 3.05) is 6.61 Å². The van der Waals surface area contributed by atoms with Crippen LogP contribution < -0.4 is 21.3 Å². The molecule has 0 saturated heterocycles. The molecule has 0 aliphatic heterocycles. The maximum atomic E-state index is 14.1. The second kappa shape index (κ2) is 20.8. The van der Waals surface area contributed by atoms with Gasteiger partial charge in [0.15, 0.2) is 0 Å². The number of imidazole rings is 1. The topological polar surface area (TPSA) is 195 Å². The van der Waals surface area contributed by atoms with E-state index in [9.17, 15) is 29.4 Å². The molecule has 1 aromatic heterocycles. The summed E-state index contributed by atoms with van der Waals surface area (Å²) in [7, 11) is 0. The van der Waals surface area contributed by atoms with Gasteiger partial charge in [-0.05, 0) is 40.2 Å². The quantitative estimate of drug-likeness (QED) is 0.0708. The van der Waals surface area contributed by atoms with E-state index < -0.39 is 54.1 Å². The van der Waals surface area contributed by atoms with Crippen LogP contribution in [-0.4, -0.2) is 80.9 Å². The lowest BCUT2D eigenvalue weighted by atomic mass is 9.95. The van der Waals surface area contributed by atoms with Crippen LogP contribution in [0.25, 0.3) is 10.8 Å². The molecular formula is C41H54N6O7. The number of ether oxygens (including phenoxy) is 1. The number of alkyl carbamates (subject to hydrolysis) is 1. The van der Waals surface area contributed by atoms with E-state index >= 15 is 0 Å². The average molecular weight is 743 g/mol. The van der Waals surface area contributed by atoms with Gasteiger partial charge in [0.25, 0.3) is 0 Å². The summed E-state index contributed by atoms with van der Waals surface area (Å²) in [6, 6.07) is 19.1. The number of hydrogen-bond donors (Lipinski definition) is 7. The Hall–Kier alpha value is -5.27. The zero-order valence-corrected chi connectivity index (χ0v) is 31.5. The number of aliphatic hydroxyl groups excluding tert-OH is 2. The molecule has 4 amide bonds. The molecule has 54 heavy (non-hydrogen) atoms. The van der Waals surface area contributed by atoms with Gasteiger partial charge >= 0.3 is 6.09 Å². The number of nitrogens with zero attached hydrogens (tertiary/aromatic N) is 1. The highest BCUT2D eigenvalue weighted by atomic mass is 16.5. The number of carbonyl (C=O) groups excluding carboxylic acids is 4. The molecule has 0 fully saturated rings. The third-order valence-corrected chi connectivity index (χ3v) is 9.46. The Labute approximate surface area is 316 Å². The average Bonchev–Trinajstić information content (AvgIpc) is 3.68. The number of nitrogens with one attached hydrogen (secondary N) is 5. The van der Waals surface area contributed by atoms with Crippen LogP contribution in [0.1, 0.15) is 63.8 Å². The van der Waals surface area contributed by atoms with Crippen molar-refractivity contribution < 1.29 is 34.1 Å². The van der Waals surface area contributed by atoms with Crippen LogP contribution in [0.4, 0.5) is 4.79 Å². The molecule has 3 unspecified atom stereocenters. The second-order valence-electron chi connectivity index (χ2n) is 14.2. The first-order valence-corrected chi connectivity index (χ1v) is 18.6.